The first-order chi connectivity index (χ1) is 18.5. The largest absolute Gasteiger partial charge is 0.478 e. The normalized spacial score (nSPS) is 11.2. The molecule has 1 amide bonds. The summed E-state index contributed by atoms with van der Waals surface area (Å²) in [6.07, 6.45) is 0.520. The minimum Gasteiger partial charge on any atom is -0.478 e. The number of carbonyl (C=O) groups is 2. The van der Waals surface area contributed by atoms with Crippen molar-refractivity contribution >= 4 is 45.0 Å². The third kappa shape index (κ3) is 4.67. The van der Waals surface area contributed by atoms with Crippen LogP contribution in [0.25, 0.3) is 32.9 Å². The smallest absolute Gasteiger partial charge is 0.335 e. The molecule has 0 radical (unpaired) electrons. The molecule has 0 bridgehead atoms. The van der Waals surface area contributed by atoms with Gasteiger partial charge in [0.05, 0.1) is 22.2 Å². The van der Waals surface area contributed by atoms with E-state index in [-0.39, 0.29) is 18.0 Å². The summed E-state index contributed by atoms with van der Waals surface area (Å²) in [5, 5.41) is 23.5. The lowest BCUT2D eigenvalue weighted by Crippen LogP contribution is -2.23. The lowest BCUT2D eigenvalue weighted by atomic mass is 9.97. The molecule has 2 aromatic heterocycles. The van der Waals surface area contributed by atoms with Crippen molar-refractivity contribution in [3.8, 4) is 11.1 Å². The Bertz CT molecular complexity index is 1790. The van der Waals surface area contributed by atoms with Gasteiger partial charge in [-0.3, -0.25) is 4.79 Å². The summed E-state index contributed by atoms with van der Waals surface area (Å²) < 4.78 is 5.75. The third-order valence-electron chi connectivity index (χ3n) is 6.58. The molecule has 0 atom stereocenters. The van der Waals surface area contributed by atoms with Gasteiger partial charge in [-0.05, 0) is 74.1 Å². The third-order valence-corrected chi connectivity index (χ3v) is 7.27. The number of amides is 1. The maximum atomic E-state index is 13.5. The molecule has 6 nitrogen and oxygen atoms in total. The Morgan fingerprint density at radius 1 is 0.868 bits per heavy atom. The van der Waals surface area contributed by atoms with E-state index < -0.39 is 5.97 Å². The van der Waals surface area contributed by atoms with Crippen molar-refractivity contribution in [2.45, 2.75) is 13.0 Å². The highest BCUT2D eigenvalue weighted by Gasteiger charge is 2.20. The van der Waals surface area contributed by atoms with Crippen molar-refractivity contribution in [2.24, 2.45) is 0 Å². The van der Waals surface area contributed by atoms with Crippen LogP contribution in [0.5, 0.6) is 0 Å². The van der Waals surface area contributed by atoms with E-state index >= 15 is 0 Å². The fraction of sp³-hybridized carbons (Fsp3) is 0.0645. The summed E-state index contributed by atoms with van der Waals surface area (Å²) in [4.78, 5) is 24.7. The quantitative estimate of drug-likeness (QED) is 0.239. The molecule has 0 aliphatic heterocycles. The molecule has 4 aromatic carbocycles. The molecule has 7 heteroatoms. The highest BCUT2D eigenvalue weighted by atomic mass is 32.1. The Morgan fingerprint density at radius 3 is 2.42 bits per heavy atom. The van der Waals surface area contributed by atoms with Crippen LogP contribution in [0.1, 0.15) is 37.5 Å². The molecule has 0 aliphatic rings. The summed E-state index contributed by atoms with van der Waals surface area (Å²) in [5.74, 6) is -1.24. The fourth-order valence-electron chi connectivity index (χ4n) is 4.62. The van der Waals surface area contributed by atoms with E-state index in [2.05, 4.69) is 40.8 Å². The molecule has 186 valence electrons. The SMILES string of the molecule is O=C(O)c1ccc(CNC(=O)c2cc(-c3ccsc3)cc3onc(Cc4ccc5ccccc5c4)c23)cc1. The van der Waals surface area contributed by atoms with Crippen LogP contribution in [0, 0.1) is 0 Å². The highest BCUT2D eigenvalue weighted by molar-refractivity contribution is 7.08. The van der Waals surface area contributed by atoms with Gasteiger partial charge in [0.2, 0.25) is 0 Å². The lowest BCUT2D eigenvalue weighted by Gasteiger charge is -2.10. The monoisotopic (exact) mass is 518 g/mol. The molecule has 2 N–H and O–H groups in total. The Labute approximate surface area is 222 Å². The molecule has 38 heavy (non-hydrogen) atoms. The van der Waals surface area contributed by atoms with Crippen molar-refractivity contribution in [3.63, 3.8) is 0 Å². The van der Waals surface area contributed by atoms with E-state index in [0.29, 0.717) is 28.6 Å². The molecule has 0 fully saturated rings. The van der Waals surface area contributed by atoms with Crippen LogP contribution in [0.15, 0.2) is 100 Å². The Morgan fingerprint density at radius 2 is 1.66 bits per heavy atom. The number of carboxylic acids is 1. The number of aromatic nitrogens is 1. The van der Waals surface area contributed by atoms with Crippen molar-refractivity contribution in [2.75, 3.05) is 0 Å². The topological polar surface area (TPSA) is 92.4 Å². The van der Waals surface area contributed by atoms with Crippen LogP contribution in [-0.4, -0.2) is 22.1 Å². The van der Waals surface area contributed by atoms with E-state index in [4.69, 9.17) is 9.63 Å². The van der Waals surface area contributed by atoms with Crippen molar-refractivity contribution in [1.82, 2.24) is 10.5 Å². The van der Waals surface area contributed by atoms with Crippen LogP contribution in [0.2, 0.25) is 0 Å². The molecule has 2 heterocycles. The maximum absolute atomic E-state index is 13.5. The zero-order valence-electron chi connectivity index (χ0n) is 20.2. The van der Waals surface area contributed by atoms with Crippen molar-refractivity contribution < 1.29 is 19.2 Å². The van der Waals surface area contributed by atoms with Gasteiger partial charge in [0.25, 0.3) is 5.91 Å². The highest BCUT2D eigenvalue weighted by Crippen LogP contribution is 2.32. The first-order valence-corrected chi connectivity index (χ1v) is 13.0. The van der Waals surface area contributed by atoms with Gasteiger partial charge in [0.15, 0.2) is 5.58 Å². The zero-order valence-corrected chi connectivity index (χ0v) is 21.0. The van der Waals surface area contributed by atoms with Gasteiger partial charge in [0, 0.05) is 13.0 Å². The van der Waals surface area contributed by atoms with Gasteiger partial charge < -0.3 is 14.9 Å². The van der Waals surface area contributed by atoms with Crippen LogP contribution in [0.3, 0.4) is 0 Å². The van der Waals surface area contributed by atoms with Gasteiger partial charge in [0.1, 0.15) is 0 Å². The Balaban J connectivity index is 1.35. The van der Waals surface area contributed by atoms with Crippen LogP contribution in [-0.2, 0) is 13.0 Å². The number of benzene rings is 4. The van der Waals surface area contributed by atoms with E-state index in [9.17, 15) is 9.59 Å². The number of thiophene rings is 1. The van der Waals surface area contributed by atoms with Crippen molar-refractivity contribution in [1.29, 1.82) is 0 Å². The maximum Gasteiger partial charge on any atom is 0.335 e. The predicted molar refractivity (Wildman–Crippen MR) is 149 cm³/mol. The summed E-state index contributed by atoms with van der Waals surface area (Å²) in [7, 11) is 0. The second-order valence-corrected chi connectivity index (χ2v) is 9.86. The number of rotatable bonds is 7. The van der Waals surface area contributed by atoms with Gasteiger partial charge in [-0.25, -0.2) is 4.79 Å². The molecule has 0 aliphatic carbocycles. The summed E-state index contributed by atoms with van der Waals surface area (Å²) >= 11 is 1.58. The number of carboxylic acid groups (broad SMARTS) is 1. The van der Waals surface area contributed by atoms with E-state index in [1.807, 2.05) is 41.1 Å². The van der Waals surface area contributed by atoms with Crippen LogP contribution >= 0.6 is 11.3 Å². The fourth-order valence-corrected chi connectivity index (χ4v) is 5.28. The predicted octanol–water partition coefficient (Wildman–Crippen LogP) is 6.93. The van der Waals surface area contributed by atoms with Gasteiger partial charge in [-0.1, -0.05) is 59.8 Å². The minimum atomic E-state index is -0.986. The molecule has 0 saturated carbocycles. The molecule has 6 aromatic rings. The summed E-state index contributed by atoms with van der Waals surface area (Å²) in [6.45, 7) is 0.258. The number of aromatic carboxylic acids is 1. The molecular weight excluding hydrogens is 496 g/mol. The molecule has 0 saturated heterocycles. The molecule has 0 spiro atoms. The second-order valence-electron chi connectivity index (χ2n) is 9.08. The van der Waals surface area contributed by atoms with Gasteiger partial charge >= 0.3 is 5.97 Å². The Kier molecular flexibility index (Phi) is 6.19. The molecule has 0 unspecified atom stereocenters. The van der Waals surface area contributed by atoms with E-state index in [1.54, 1.807) is 23.5 Å². The van der Waals surface area contributed by atoms with Gasteiger partial charge in [-0.2, -0.15) is 11.3 Å². The number of nitrogens with zero attached hydrogens (tertiary/aromatic N) is 1. The summed E-state index contributed by atoms with van der Waals surface area (Å²) in [5.41, 5.74) is 5.70. The zero-order chi connectivity index (χ0) is 26.1. The van der Waals surface area contributed by atoms with Crippen LogP contribution < -0.4 is 5.32 Å². The number of hydrogen-bond acceptors (Lipinski definition) is 5. The van der Waals surface area contributed by atoms with Crippen molar-refractivity contribution in [3.05, 3.63) is 124 Å². The van der Waals surface area contributed by atoms with E-state index in [0.717, 1.165) is 33.0 Å². The standard InChI is InChI=1S/C31H22N2O4S/c34-30(32-17-19-5-9-22(10-6-19)31(35)36)26-15-25(24-11-12-38-18-24)16-28-29(26)27(33-37-28)14-20-7-8-21-3-1-2-4-23(21)13-20/h1-13,15-16,18H,14,17H2,(H,32,34)(H,35,36). The number of hydrogen-bond donors (Lipinski definition) is 2. The van der Waals surface area contributed by atoms with E-state index in [1.165, 1.54) is 12.1 Å². The molecule has 6 rings (SSSR count). The van der Waals surface area contributed by atoms with Crippen LogP contribution in [0.4, 0.5) is 0 Å². The second kappa shape index (κ2) is 9.95. The number of fused-ring (bicyclic) bond motifs is 2. The first kappa shape index (κ1) is 23.6. The number of nitrogens with one attached hydrogen (secondary N) is 1. The van der Waals surface area contributed by atoms with Gasteiger partial charge in [-0.15, -0.1) is 0 Å². The average Bonchev–Trinajstić information content (AvgIpc) is 3.62. The average molecular weight is 519 g/mol. The molecular formula is C31H22N2O4S. The lowest BCUT2D eigenvalue weighted by molar-refractivity contribution is 0.0696. The number of carbonyl (C=O) groups excluding carboxylic acids is 1. The summed E-state index contributed by atoms with van der Waals surface area (Å²) in [6, 6.07) is 26.8. The minimum absolute atomic E-state index is 0.202. The Hall–Kier alpha value is -4.75. The first-order valence-electron chi connectivity index (χ1n) is 12.1.